The van der Waals surface area contributed by atoms with E-state index >= 15 is 0 Å². The molecule has 2 aromatic rings. The zero-order valence-electron chi connectivity index (χ0n) is 13.7. The molecule has 0 spiro atoms. The Morgan fingerprint density at radius 1 is 1.42 bits per heavy atom. The van der Waals surface area contributed by atoms with Crippen LogP contribution in [0.3, 0.4) is 0 Å². The molecule has 3 rings (SSSR count). The summed E-state index contributed by atoms with van der Waals surface area (Å²) in [6.45, 7) is 4.46. The van der Waals surface area contributed by atoms with E-state index in [4.69, 9.17) is 0 Å². The number of amides is 1. The van der Waals surface area contributed by atoms with Crippen molar-refractivity contribution >= 4 is 29.7 Å². The maximum Gasteiger partial charge on any atom is 0.237 e. The minimum atomic E-state index is -0.428. The molecule has 1 aliphatic rings. The molecule has 1 fully saturated rings. The molecule has 1 saturated heterocycles. The number of thiazole rings is 1. The molecule has 7 heteroatoms. The Morgan fingerprint density at radius 3 is 2.67 bits per heavy atom. The van der Waals surface area contributed by atoms with Gasteiger partial charge in [-0.15, -0.1) is 23.7 Å². The fraction of sp³-hybridized carbons (Fsp3) is 0.412. The van der Waals surface area contributed by atoms with Gasteiger partial charge in [0.05, 0.1) is 34.3 Å². The average molecular weight is 368 g/mol. The lowest BCUT2D eigenvalue weighted by Gasteiger charge is -2.18. The van der Waals surface area contributed by atoms with Crippen LogP contribution in [0.5, 0.6) is 0 Å². The first-order chi connectivity index (χ1) is 11.0. The van der Waals surface area contributed by atoms with Crippen molar-refractivity contribution in [1.82, 2.24) is 15.6 Å². The van der Waals surface area contributed by atoms with Crippen molar-refractivity contribution < 1.29 is 9.90 Å². The highest BCUT2D eigenvalue weighted by Crippen LogP contribution is 2.28. The van der Waals surface area contributed by atoms with E-state index in [2.05, 4.69) is 27.8 Å². The first kappa shape index (κ1) is 18.9. The largest absolute Gasteiger partial charge is 0.392 e. The molecular weight excluding hydrogens is 346 g/mol. The van der Waals surface area contributed by atoms with Crippen molar-refractivity contribution in [3.63, 3.8) is 0 Å². The van der Waals surface area contributed by atoms with Crippen LogP contribution in [0.25, 0.3) is 10.4 Å². The number of halogens is 1. The summed E-state index contributed by atoms with van der Waals surface area (Å²) in [5, 5.41) is 15.5. The third-order valence-electron chi connectivity index (χ3n) is 4.20. The predicted octanol–water partition coefficient (Wildman–Crippen LogP) is 2.44. The zero-order valence-corrected chi connectivity index (χ0v) is 15.3. The maximum absolute atomic E-state index is 12.2. The van der Waals surface area contributed by atoms with Gasteiger partial charge in [0, 0.05) is 6.54 Å². The summed E-state index contributed by atoms with van der Waals surface area (Å²) in [5.74, 6) is -0.0589. The summed E-state index contributed by atoms with van der Waals surface area (Å²) < 4.78 is 0. The van der Waals surface area contributed by atoms with Gasteiger partial charge < -0.3 is 15.7 Å². The number of hydrogen-bond donors (Lipinski definition) is 3. The maximum atomic E-state index is 12.2. The number of aryl methyl sites for hydroxylation is 1. The molecule has 1 aromatic carbocycles. The molecule has 0 saturated carbocycles. The van der Waals surface area contributed by atoms with Crippen LogP contribution in [0.2, 0.25) is 0 Å². The number of rotatable bonds is 4. The summed E-state index contributed by atoms with van der Waals surface area (Å²) >= 11 is 1.63. The molecule has 3 N–H and O–H groups in total. The van der Waals surface area contributed by atoms with Crippen molar-refractivity contribution in [2.45, 2.75) is 38.5 Å². The van der Waals surface area contributed by atoms with E-state index in [1.807, 2.05) is 31.5 Å². The van der Waals surface area contributed by atoms with Gasteiger partial charge in [-0.05, 0) is 31.4 Å². The summed E-state index contributed by atoms with van der Waals surface area (Å²) in [6, 6.07) is 7.84. The number of aliphatic hydroxyl groups is 1. The van der Waals surface area contributed by atoms with Gasteiger partial charge in [0.25, 0.3) is 0 Å². The van der Waals surface area contributed by atoms with Gasteiger partial charge in [0.1, 0.15) is 0 Å². The summed E-state index contributed by atoms with van der Waals surface area (Å²) in [6.07, 6.45) is 0.0466. The topological polar surface area (TPSA) is 74.2 Å². The van der Waals surface area contributed by atoms with E-state index in [-0.39, 0.29) is 30.4 Å². The number of hydrogen-bond acceptors (Lipinski definition) is 5. The van der Waals surface area contributed by atoms with Gasteiger partial charge in [0.15, 0.2) is 0 Å². The lowest BCUT2D eigenvalue weighted by atomic mass is 10.0. The highest BCUT2D eigenvalue weighted by atomic mass is 35.5. The monoisotopic (exact) mass is 367 g/mol. The van der Waals surface area contributed by atoms with Crippen molar-refractivity contribution in [3.8, 4) is 10.4 Å². The predicted molar refractivity (Wildman–Crippen MR) is 98.5 cm³/mol. The van der Waals surface area contributed by atoms with Crippen LogP contribution in [0, 0.1) is 6.92 Å². The second-order valence-corrected chi connectivity index (χ2v) is 6.82. The molecule has 1 amide bonds. The summed E-state index contributed by atoms with van der Waals surface area (Å²) in [7, 11) is 0. The van der Waals surface area contributed by atoms with Crippen molar-refractivity contribution in [1.29, 1.82) is 0 Å². The van der Waals surface area contributed by atoms with E-state index in [1.54, 1.807) is 11.3 Å². The molecule has 1 unspecified atom stereocenters. The van der Waals surface area contributed by atoms with Crippen molar-refractivity contribution in [3.05, 3.63) is 41.0 Å². The van der Waals surface area contributed by atoms with E-state index in [0.717, 1.165) is 16.8 Å². The Labute approximate surface area is 151 Å². The van der Waals surface area contributed by atoms with Gasteiger partial charge in [0.2, 0.25) is 5.91 Å². The molecule has 0 radical (unpaired) electrons. The Hall–Kier alpha value is -1.47. The second-order valence-electron chi connectivity index (χ2n) is 5.97. The number of carbonyl (C=O) groups excluding carboxylic acids is 1. The molecule has 2 heterocycles. The lowest BCUT2D eigenvalue weighted by Crippen LogP contribution is -2.41. The third-order valence-corrected chi connectivity index (χ3v) is 5.18. The molecule has 24 heavy (non-hydrogen) atoms. The van der Waals surface area contributed by atoms with E-state index in [0.29, 0.717) is 13.0 Å². The van der Waals surface area contributed by atoms with Crippen molar-refractivity contribution in [2.75, 3.05) is 6.54 Å². The van der Waals surface area contributed by atoms with Crippen LogP contribution in [0.1, 0.15) is 30.6 Å². The SMILES string of the molecule is Cc1ncsc1-c1ccc(C(C)NC(=O)[C@H]2C[C@H](O)CN2)cc1.Cl. The van der Waals surface area contributed by atoms with Crippen molar-refractivity contribution in [2.24, 2.45) is 0 Å². The number of aromatic nitrogens is 1. The highest BCUT2D eigenvalue weighted by Gasteiger charge is 2.28. The van der Waals surface area contributed by atoms with Gasteiger partial charge in [-0.2, -0.15) is 0 Å². The van der Waals surface area contributed by atoms with Gasteiger partial charge >= 0.3 is 0 Å². The number of nitrogens with zero attached hydrogens (tertiary/aromatic N) is 1. The fourth-order valence-corrected chi connectivity index (χ4v) is 3.63. The Balaban J connectivity index is 0.00000208. The van der Waals surface area contributed by atoms with E-state index in [9.17, 15) is 9.90 Å². The average Bonchev–Trinajstić information content (AvgIpc) is 3.16. The standard InChI is InChI=1S/C17H21N3O2S.ClH/c1-10(20-17(22)15-7-14(21)8-18-15)12-3-5-13(6-4-12)16-11(2)19-9-23-16;/h3-6,9-10,14-15,18,21H,7-8H2,1-2H3,(H,20,22);1H/t10?,14-,15+;/m0./s1. The molecular formula is C17H22ClN3O2S. The quantitative estimate of drug-likeness (QED) is 0.776. The van der Waals surface area contributed by atoms with Crippen LogP contribution in [-0.4, -0.2) is 34.7 Å². The smallest absolute Gasteiger partial charge is 0.237 e. The molecule has 5 nitrogen and oxygen atoms in total. The fourth-order valence-electron chi connectivity index (χ4n) is 2.82. The molecule has 0 bridgehead atoms. The highest BCUT2D eigenvalue weighted by molar-refractivity contribution is 7.13. The Bertz CT molecular complexity index is 689. The molecule has 1 aromatic heterocycles. The van der Waals surface area contributed by atoms with Crippen LogP contribution in [-0.2, 0) is 4.79 Å². The second kappa shape index (κ2) is 8.07. The van der Waals surface area contributed by atoms with Crippen LogP contribution < -0.4 is 10.6 Å². The number of β-amino-alcohol motifs (C(OH)–C–C–N with tert-alkyl or cyclic N) is 1. The number of benzene rings is 1. The summed E-state index contributed by atoms with van der Waals surface area (Å²) in [5.41, 5.74) is 5.09. The van der Waals surface area contributed by atoms with E-state index < -0.39 is 6.10 Å². The molecule has 130 valence electrons. The Kier molecular flexibility index (Phi) is 6.34. The van der Waals surface area contributed by atoms with Gasteiger partial charge in [-0.1, -0.05) is 24.3 Å². The zero-order chi connectivity index (χ0) is 16.4. The Morgan fingerprint density at radius 2 is 2.12 bits per heavy atom. The molecule has 3 atom stereocenters. The summed E-state index contributed by atoms with van der Waals surface area (Å²) in [4.78, 5) is 17.6. The van der Waals surface area contributed by atoms with E-state index in [1.165, 1.54) is 4.88 Å². The number of aliphatic hydroxyl groups excluding tert-OH is 1. The minimum absolute atomic E-state index is 0. The molecule has 0 aliphatic carbocycles. The van der Waals surface area contributed by atoms with Gasteiger partial charge in [-0.3, -0.25) is 4.79 Å². The number of nitrogens with one attached hydrogen (secondary N) is 2. The minimum Gasteiger partial charge on any atom is -0.392 e. The third kappa shape index (κ3) is 4.13. The van der Waals surface area contributed by atoms with Crippen LogP contribution in [0.15, 0.2) is 29.8 Å². The lowest BCUT2D eigenvalue weighted by molar-refractivity contribution is -0.123. The van der Waals surface area contributed by atoms with Crippen LogP contribution in [0.4, 0.5) is 0 Å². The first-order valence-electron chi connectivity index (χ1n) is 7.77. The van der Waals surface area contributed by atoms with Gasteiger partial charge in [-0.25, -0.2) is 4.98 Å². The first-order valence-corrected chi connectivity index (χ1v) is 8.65. The normalized spacial score (nSPS) is 21.1. The number of carbonyl (C=O) groups is 1. The molecule has 1 aliphatic heterocycles. The van der Waals surface area contributed by atoms with Crippen LogP contribution >= 0.6 is 23.7 Å².